The summed E-state index contributed by atoms with van der Waals surface area (Å²) in [6, 6.07) is 4.05. The van der Waals surface area contributed by atoms with Crippen molar-refractivity contribution < 1.29 is 9.21 Å². The van der Waals surface area contributed by atoms with Crippen LogP contribution in [-0.2, 0) is 0 Å². The first-order valence-electron chi connectivity index (χ1n) is 5.60. The molecule has 16 heavy (non-hydrogen) atoms. The van der Waals surface area contributed by atoms with E-state index in [2.05, 4.69) is 28.7 Å². The third-order valence-corrected chi connectivity index (χ3v) is 2.79. The predicted molar refractivity (Wildman–Crippen MR) is 63.7 cm³/mol. The number of carbonyl (C=O) groups is 1. The highest BCUT2D eigenvalue weighted by atomic mass is 16.3. The van der Waals surface area contributed by atoms with Crippen LogP contribution < -0.4 is 5.32 Å². The first-order chi connectivity index (χ1) is 7.76. The summed E-state index contributed by atoms with van der Waals surface area (Å²) in [5.74, 6) is 0.375. The number of nitrogens with zero attached hydrogens (tertiary/aromatic N) is 1. The molecule has 90 valence electrons. The molecule has 1 N–H and O–H groups in total. The Morgan fingerprint density at radius 1 is 1.50 bits per heavy atom. The van der Waals surface area contributed by atoms with E-state index in [1.54, 1.807) is 12.1 Å². The van der Waals surface area contributed by atoms with Gasteiger partial charge in [0.15, 0.2) is 12.0 Å². The molecule has 0 atom stereocenters. The van der Waals surface area contributed by atoms with Crippen LogP contribution in [-0.4, -0.2) is 44.4 Å². The molecule has 1 aliphatic heterocycles. The lowest BCUT2D eigenvalue weighted by molar-refractivity contribution is 0.110. The molecule has 0 unspecified atom stereocenters. The Morgan fingerprint density at radius 2 is 2.19 bits per heavy atom. The van der Waals surface area contributed by atoms with Crippen molar-refractivity contribution in [2.45, 2.75) is 18.9 Å². The van der Waals surface area contributed by atoms with Gasteiger partial charge in [-0.1, -0.05) is 0 Å². The summed E-state index contributed by atoms with van der Waals surface area (Å²) in [4.78, 5) is 12.2. The number of likely N-dealkylation sites (tertiary alicyclic amines) is 1. The van der Waals surface area contributed by atoms with Crippen molar-refractivity contribution in [2.24, 2.45) is 0 Å². The Balaban J connectivity index is 0.000000165. The predicted octanol–water partition coefficient (Wildman–Crippen LogP) is 1.39. The summed E-state index contributed by atoms with van der Waals surface area (Å²) in [6.45, 7) is 2.51. The molecule has 0 saturated carbocycles. The van der Waals surface area contributed by atoms with E-state index in [9.17, 15) is 4.79 Å². The maximum atomic E-state index is 9.77. The third kappa shape index (κ3) is 4.59. The Hall–Kier alpha value is -1.13. The number of aldehydes is 1. The molecule has 1 saturated heterocycles. The van der Waals surface area contributed by atoms with Crippen molar-refractivity contribution in [1.82, 2.24) is 10.2 Å². The minimum absolute atomic E-state index is 0.375. The molecule has 1 fully saturated rings. The monoisotopic (exact) mass is 224 g/mol. The Kier molecular flexibility index (Phi) is 5.82. The number of furan rings is 1. The van der Waals surface area contributed by atoms with Crippen LogP contribution in [0.25, 0.3) is 0 Å². The van der Waals surface area contributed by atoms with E-state index in [1.807, 2.05) is 0 Å². The van der Waals surface area contributed by atoms with E-state index in [-0.39, 0.29) is 0 Å². The van der Waals surface area contributed by atoms with Gasteiger partial charge in [-0.3, -0.25) is 4.79 Å². The lowest BCUT2D eigenvalue weighted by atomic mass is 10.1. The van der Waals surface area contributed by atoms with Gasteiger partial charge >= 0.3 is 0 Å². The SMILES string of the molecule is CNC1CCN(C)CC1.O=Cc1ccco1. The summed E-state index contributed by atoms with van der Waals surface area (Å²) >= 11 is 0. The zero-order valence-electron chi connectivity index (χ0n) is 9.98. The molecule has 0 radical (unpaired) electrons. The minimum atomic E-state index is 0.375. The second kappa shape index (κ2) is 7.19. The van der Waals surface area contributed by atoms with Gasteiger partial charge in [0.1, 0.15) is 0 Å². The average Bonchev–Trinajstić information content (AvgIpc) is 2.84. The standard InChI is InChI=1S/C7H16N2.C5H4O2/c1-8-7-3-5-9(2)6-4-7;6-4-5-2-1-3-7-5/h7-8H,3-6H2,1-2H3;1-4H. The van der Waals surface area contributed by atoms with Crippen molar-refractivity contribution >= 4 is 6.29 Å². The van der Waals surface area contributed by atoms with Gasteiger partial charge in [0.05, 0.1) is 6.26 Å². The van der Waals surface area contributed by atoms with Crippen LogP contribution in [0.4, 0.5) is 0 Å². The number of rotatable bonds is 2. The Bertz CT molecular complexity index is 277. The van der Waals surface area contributed by atoms with Crippen molar-refractivity contribution in [3.8, 4) is 0 Å². The third-order valence-electron chi connectivity index (χ3n) is 2.79. The molecule has 0 amide bonds. The van der Waals surface area contributed by atoms with Crippen LogP contribution in [0.15, 0.2) is 22.8 Å². The molecule has 1 aromatic heterocycles. The van der Waals surface area contributed by atoms with E-state index >= 15 is 0 Å². The van der Waals surface area contributed by atoms with E-state index in [4.69, 9.17) is 0 Å². The molecule has 2 heterocycles. The van der Waals surface area contributed by atoms with Crippen molar-refractivity contribution in [1.29, 1.82) is 0 Å². The molecule has 4 nitrogen and oxygen atoms in total. The van der Waals surface area contributed by atoms with Gasteiger partial charge in [-0.15, -0.1) is 0 Å². The smallest absolute Gasteiger partial charge is 0.185 e. The van der Waals surface area contributed by atoms with Crippen LogP contribution in [0.3, 0.4) is 0 Å². The van der Waals surface area contributed by atoms with E-state index in [0.29, 0.717) is 12.0 Å². The molecule has 1 aliphatic rings. The summed E-state index contributed by atoms with van der Waals surface area (Å²) in [5.41, 5.74) is 0. The van der Waals surface area contributed by atoms with Crippen LogP contribution >= 0.6 is 0 Å². The summed E-state index contributed by atoms with van der Waals surface area (Å²) in [7, 11) is 4.24. The molecule has 4 heteroatoms. The van der Waals surface area contributed by atoms with Gasteiger partial charge in [-0.05, 0) is 52.2 Å². The zero-order valence-corrected chi connectivity index (χ0v) is 9.98. The Labute approximate surface area is 96.6 Å². The van der Waals surface area contributed by atoms with Gasteiger partial charge < -0.3 is 14.6 Å². The zero-order chi connectivity index (χ0) is 11.8. The van der Waals surface area contributed by atoms with Crippen molar-refractivity contribution in [2.75, 3.05) is 27.2 Å². The van der Waals surface area contributed by atoms with Crippen molar-refractivity contribution in [3.63, 3.8) is 0 Å². The summed E-state index contributed by atoms with van der Waals surface area (Å²) in [5, 5.41) is 3.30. The highest BCUT2D eigenvalue weighted by Crippen LogP contribution is 2.06. The molecule has 0 aliphatic carbocycles. The molecule has 0 aromatic carbocycles. The fraction of sp³-hybridized carbons (Fsp3) is 0.583. The fourth-order valence-electron chi connectivity index (χ4n) is 1.66. The summed E-state index contributed by atoms with van der Waals surface area (Å²) < 4.78 is 4.61. The van der Waals surface area contributed by atoms with Gasteiger partial charge in [-0.25, -0.2) is 0 Å². The van der Waals surface area contributed by atoms with Gasteiger partial charge in [0, 0.05) is 6.04 Å². The second-order valence-corrected chi connectivity index (χ2v) is 4.00. The maximum absolute atomic E-state index is 9.77. The highest BCUT2D eigenvalue weighted by molar-refractivity contribution is 5.69. The molecular formula is C12H20N2O2. The average molecular weight is 224 g/mol. The largest absolute Gasteiger partial charge is 0.462 e. The quantitative estimate of drug-likeness (QED) is 0.771. The van der Waals surface area contributed by atoms with Crippen LogP contribution in [0.1, 0.15) is 23.4 Å². The molecule has 0 spiro atoms. The molecule has 2 rings (SSSR count). The molecule has 1 aromatic rings. The van der Waals surface area contributed by atoms with E-state index in [0.717, 1.165) is 6.04 Å². The van der Waals surface area contributed by atoms with Crippen LogP contribution in [0.5, 0.6) is 0 Å². The molecular weight excluding hydrogens is 204 g/mol. The van der Waals surface area contributed by atoms with Gasteiger partial charge in [0.25, 0.3) is 0 Å². The van der Waals surface area contributed by atoms with Crippen LogP contribution in [0, 0.1) is 0 Å². The highest BCUT2D eigenvalue weighted by Gasteiger charge is 2.13. The first kappa shape index (κ1) is 12.9. The maximum Gasteiger partial charge on any atom is 0.185 e. The normalized spacial score (nSPS) is 17.6. The number of nitrogens with one attached hydrogen (secondary N) is 1. The van der Waals surface area contributed by atoms with Crippen molar-refractivity contribution in [3.05, 3.63) is 24.2 Å². The fourth-order valence-corrected chi connectivity index (χ4v) is 1.66. The number of piperidine rings is 1. The lowest BCUT2D eigenvalue weighted by Gasteiger charge is -2.28. The minimum Gasteiger partial charge on any atom is -0.462 e. The number of hydrogen-bond donors (Lipinski definition) is 1. The number of hydrogen-bond acceptors (Lipinski definition) is 4. The van der Waals surface area contributed by atoms with Gasteiger partial charge in [-0.2, -0.15) is 0 Å². The summed E-state index contributed by atoms with van der Waals surface area (Å²) in [6.07, 6.45) is 4.75. The second-order valence-electron chi connectivity index (χ2n) is 4.00. The first-order valence-corrected chi connectivity index (χ1v) is 5.60. The Morgan fingerprint density at radius 3 is 2.56 bits per heavy atom. The van der Waals surface area contributed by atoms with Crippen LogP contribution in [0.2, 0.25) is 0 Å². The van der Waals surface area contributed by atoms with Gasteiger partial charge in [0.2, 0.25) is 0 Å². The molecule has 0 bridgehead atoms. The van der Waals surface area contributed by atoms with E-state index < -0.39 is 0 Å². The van der Waals surface area contributed by atoms with E-state index in [1.165, 1.54) is 32.2 Å². The number of carbonyl (C=O) groups excluding carboxylic acids is 1. The topological polar surface area (TPSA) is 45.5 Å². The lowest BCUT2D eigenvalue weighted by Crippen LogP contribution is -2.39.